The van der Waals surface area contributed by atoms with Crippen LogP contribution in [0.25, 0.3) is 16.9 Å². The molecule has 2 nitrogen and oxygen atoms in total. The van der Waals surface area contributed by atoms with Crippen LogP contribution in [0.2, 0.25) is 10.8 Å². The minimum Gasteiger partial charge on any atom is -0.0654 e. The molecule has 3 heteroatoms. The molecule has 0 aliphatic carbocycles. The number of hydrogen-bond acceptors (Lipinski definition) is 0. The second kappa shape index (κ2) is 56.0. The zero-order valence-electron chi connectivity index (χ0n) is 59.1. The van der Waals surface area contributed by atoms with Crippen LogP contribution in [-0.2, 0) is 14.4 Å². The van der Waals surface area contributed by atoms with Gasteiger partial charge in [0, 0.05) is 22.3 Å². The Balaban J connectivity index is 0.000000650. The molecule has 0 saturated carbocycles. The molecule has 0 fully saturated rings. The van der Waals surface area contributed by atoms with Gasteiger partial charge >= 0.3 is 166 Å². The molecule has 0 bridgehead atoms. The number of hydrogen-bond donors (Lipinski definition) is 0. The summed E-state index contributed by atoms with van der Waals surface area (Å²) >= 11 is 2.05. The summed E-state index contributed by atoms with van der Waals surface area (Å²) in [6.45, 7) is 22.2. The Labute approximate surface area is 539 Å². The van der Waals surface area contributed by atoms with Gasteiger partial charge in [0.15, 0.2) is 0 Å². The molecule has 0 unspecified atom stereocenters. The summed E-state index contributed by atoms with van der Waals surface area (Å²) in [7, 11) is 0. The van der Waals surface area contributed by atoms with Crippen LogP contribution in [0.15, 0.2) is 35.4 Å². The molecule has 85 heavy (non-hydrogen) atoms. The molecule has 0 radical (unpaired) electrons. The van der Waals surface area contributed by atoms with Crippen molar-refractivity contribution < 1.29 is 19.1 Å². The Morgan fingerprint density at radius 2 is 0.435 bits per heavy atom. The third-order valence-corrected chi connectivity index (χ3v) is 20.9. The molecule has 0 saturated heterocycles. The number of rotatable bonds is 58. The van der Waals surface area contributed by atoms with E-state index in [1.165, 1.54) is 368 Å². The molecular formula is C82H146N2Ni. The molecule has 0 aromatic heterocycles. The topological polar surface area (TPSA) is 25.3 Å². The number of benzene rings is 2. The fourth-order valence-electron chi connectivity index (χ4n) is 13.2. The molecule has 1 heterocycles. The normalized spacial score (nSPS) is 12.7. The predicted octanol–water partition coefficient (Wildman–Crippen LogP) is 29.8. The van der Waals surface area contributed by atoms with Crippen LogP contribution in [0.5, 0.6) is 0 Å². The summed E-state index contributed by atoms with van der Waals surface area (Å²) in [5.41, 5.74) is 26.4. The van der Waals surface area contributed by atoms with Gasteiger partial charge in [-0.1, -0.05) is 207 Å². The van der Waals surface area contributed by atoms with E-state index in [4.69, 9.17) is 0 Å². The van der Waals surface area contributed by atoms with Crippen LogP contribution in [0.4, 0.5) is 0 Å². The van der Waals surface area contributed by atoms with Crippen molar-refractivity contribution in [2.45, 2.75) is 427 Å². The van der Waals surface area contributed by atoms with Crippen LogP contribution in [-0.4, -0.2) is 4.70 Å². The Bertz CT molecular complexity index is 1780. The molecule has 0 N–H and O–H groups in total. The quantitative estimate of drug-likeness (QED) is 0.0358. The number of nitrogens with zero attached hydrogens (tertiary/aromatic N) is 2. The van der Waals surface area contributed by atoms with E-state index in [0.29, 0.717) is 0 Å². The maximum atomic E-state index is 11.7. The van der Waals surface area contributed by atoms with E-state index in [1.54, 1.807) is 0 Å². The first kappa shape index (κ1) is 79.1. The molecule has 0 spiro atoms. The minimum atomic E-state index is 0.988. The van der Waals surface area contributed by atoms with Gasteiger partial charge < -0.3 is 5.53 Å². The Morgan fingerprint density at radius 3 is 0.624 bits per heavy atom. The average Bonchev–Trinajstić information content (AvgIpc) is 2.05. The van der Waals surface area contributed by atoms with Gasteiger partial charge in [-0.05, 0) is 125 Å². The monoisotopic (exact) mass is 1220 g/mol. The molecular weight excluding hydrogens is 1070 g/mol. The third-order valence-electron chi connectivity index (χ3n) is 19.5. The van der Waals surface area contributed by atoms with Gasteiger partial charge in [0.2, 0.25) is 11.4 Å². The van der Waals surface area contributed by atoms with Crippen molar-refractivity contribution >= 4 is 11.4 Å². The van der Waals surface area contributed by atoms with Gasteiger partial charge in [0.25, 0.3) is 0 Å². The van der Waals surface area contributed by atoms with Gasteiger partial charge in [-0.3, -0.25) is 0 Å². The van der Waals surface area contributed by atoms with E-state index in [2.05, 4.69) is 108 Å². The van der Waals surface area contributed by atoms with E-state index in [-0.39, 0.29) is 0 Å². The van der Waals surface area contributed by atoms with E-state index in [9.17, 15) is 5.53 Å². The molecule has 494 valence electrons. The van der Waals surface area contributed by atoms with Gasteiger partial charge in [-0.15, -0.1) is 0 Å². The van der Waals surface area contributed by atoms with Crippen LogP contribution >= 0.6 is 0 Å². The molecule has 0 amide bonds. The van der Waals surface area contributed by atoms with Crippen molar-refractivity contribution in [1.82, 2.24) is 0 Å². The SMILES string of the molecule is CCCCC1=C(c2cc(C)c(C)c(C)c2)[N+](=[N-])C(c2cc(C)c(C)c(C)c2)=C1CCCC.CCCCCCCCCCCCCCCCCCCCCCCCC[CH2][Ni][CH2]CCCCCCCCCCCCCCCCCCCCCCCCC. The molecule has 0 atom stereocenters. The number of allylic oxidation sites excluding steroid dienone is 2. The van der Waals surface area contributed by atoms with Crippen molar-refractivity contribution in [1.29, 1.82) is 0 Å². The Kier molecular flexibility index (Phi) is 52.1. The Hall–Kier alpha value is -1.99. The zero-order chi connectivity index (χ0) is 61.6. The smallest absolute Gasteiger partial charge is 0.0654 e. The van der Waals surface area contributed by atoms with Gasteiger partial charge in [-0.25, -0.2) is 4.70 Å². The van der Waals surface area contributed by atoms with E-state index >= 15 is 0 Å². The molecule has 2 aromatic rings. The number of unbranched alkanes of at least 4 members (excludes halogenated alkanes) is 48. The first-order valence-corrected chi connectivity index (χ1v) is 39.6. The fourth-order valence-corrected chi connectivity index (χ4v) is 14.4. The summed E-state index contributed by atoms with van der Waals surface area (Å²) < 4.78 is 1.52. The van der Waals surface area contributed by atoms with Crippen molar-refractivity contribution in [3.05, 3.63) is 85.5 Å². The third kappa shape index (κ3) is 39.0. The van der Waals surface area contributed by atoms with Crippen molar-refractivity contribution in [2.24, 2.45) is 0 Å². The van der Waals surface area contributed by atoms with Crippen molar-refractivity contribution in [3.8, 4) is 0 Å². The summed E-state index contributed by atoms with van der Waals surface area (Å²) in [5, 5.41) is 2.87. The maximum absolute atomic E-state index is 11.7. The molecule has 3 rings (SSSR count). The second-order valence-electron chi connectivity index (χ2n) is 27.4. The van der Waals surface area contributed by atoms with Gasteiger partial charge in [0.05, 0.1) is 0 Å². The van der Waals surface area contributed by atoms with Crippen molar-refractivity contribution in [2.75, 3.05) is 0 Å². The minimum absolute atomic E-state index is 0.988. The Morgan fingerprint density at radius 1 is 0.259 bits per heavy atom. The van der Waals surface area contributed by atoms with Crippen LogP contribution in [0.3, 0.4) is 0 Å². The molecule has 2 aromatic carbocycles. The first-order chi connectivity index (χ1) is 41.6. The van der Waals surface area contributed by atoms with Gasteiger partial charge in [-0.2, -0.15) is 0 Å². The van der Waals surface area contributed by atoms with Crippen LogP contribution in [0, 0.1) is 41.5 Å². The van der Waals surface area contributed by atoms with Gasteiger partial charge in [0.1, 0.15) is 0 Å². The molecule has 1 aliphatic heterocycles. The van der Waals surface area contributed by atoms with Crippen LogP contribution in [0.1, 0.15) is 419 Å². The summed E-state index contributed by atoms with van der Waals surface area (Å²) in [6, 6.07) is 9.00. The zero-order valence-corrected chi connectivity index (χ0v) is 60.1. The van der Waals surface area contributed by atoms with E-state index in [0.717, 1.165) is 61.0 Å². The summed E-state index contributed by atoms with van der Waals surface area (Å²) in [5.74, 6) is 0. The standard InChI is InChI=1S/C30H40N2.2C26H53.Ni/c1-9-11-13-27-28(14-12-10-2)30(26-17-21(5)24(8)22(6)18-26)32(31)29(27)25-15-19(3)23(7)20(4)16-25;2*1-3-5-7-9-11-13-15-17-19-21-23-25-26-24-22-20-18-16-14-12-10-8-6-4-2;/h15-18H,9-14H2,1-8H3;2*1,3-26H2,2H3;. The summed E-state index contributed by atoms with van der Waals surface area (Å²) in [6.07, 6.45) is 77.8. The fraction of sp³-hybridized carbons (Fsp3) is 0.805. The predicted molar refractivity (Wildman–Crippen MR) is 380 cm³/mol. The van der Waals surface area contributed by atoms with E-state index in [1.807, 2.05) is 0 Å². The number of aryl methyl sites for hydroxylation is 4. The van der Waals surface area contributed by atoms with Crippen LogP contribution < -0.4 is 0 Å². The average molecular weight is 1220 g/mol. The second-order valence-corrected chi connectivity index (χ2v) is 28.9. The van der Waals surface area contributed by atoms with E-state index < -0.39 is 0 Å². The first-order valence-electron chi connectivity index (χ1n) is 38.2. The molecule has 1 aliphatic rings. The van der Waals surface area contributed by atoms with Crippen molar-refractivity contribution in [3.63, 3.8) is 0 Å². The summed E-state index contributed by atoms with van der Waals surface area (Å²) in [4.78, 5) is 0.